The largest absolute Gasteiger partial charge is 0.385 e. The van der Waals surface area contributed by atoms with Gasteiger partial charge in [0.2, 0.25) is 0 Å². The first-order valence-electron chi connectivity index (χ1n) is 3.42. The maximum absolute atomic E-state index is 9.20. The number of hydrogen-bond acceptors (Lipinski definition) is 1. The Balaban J connectivity index is 2.41. The highest BCUT2D eigenvalue weighted by atomic mass is 16.3. The van der Waals surface area contributed by atoms with Crippen molar-refractivity contribution in [2.75, 3.05) is 0 Å². The normalized spacial score (nSPS) is 35.6. The highest BCUT2D eigenvalue weighted by Crippen LogP contribution is 2.20. The molecular formula is C7H12NO+. The van der Waals surface area contributed by atoms with E-state index in [1.807, 2.05) is 0 Å². The van der Waals surface area contributed by atoms with Crippen LogP contribution in [0.15, 0.2) is 0 Å². The van der Waals surface area contributed by atoms with Crippen LogP contribution in [0.5, 0.6) is 0 Å². The van der Waals surface area contributed by atoms with E-state index >= 15 is 0 Å². The molecule has 0 aromatic rings. The molecule has 0 amide bonds. The van der Waals surface area contributed by atoms with Crippen molar-refractivity contribution in [2.24, 2.45) is 0 Å². The number of rotatable bonds is 0. The van der Waals surface area contributed by atoms with Gasteiger partial charge in [-0.05, 0) is 12.8 Å². The van der Waals surface area contributed by atoms with E-state index in [9.17, 15) is 5.11 Å². The first kappa shape index (κ1) is 6.57. The Bertz CT molecular complexity index is 127. The fourth-order valence-corrected chi connectivity index (χ4v) is 1.27. The van der Waals surface area contributed by atoms with Crippen LogP contribution in [-0.2, 0) is 0 Å². The molecule has 0 aliphatic heterocycles. The van der Waals surface area contributed by atoms with Crippen LogP contribution >= 0.6 is 0 Å². The molecule has 0 radical (unpaired) electrons. The van der Waals surface area contributed by atoms with Gasteiger partial charge in [-0.15, -0.1) is 0 Å². The summed E-state index contributed by atoms with van der Waals surface area (Å²) >= 11 is 0. The zero-order valence-electron chi connectivity index (χ0n) is 5.45. The molecule has 50 valence electrons. The van der Waals surface area contributed by atoms with Crippen LogP contribution in [0.1, 0.15) is 25.7 Å². The summed E-state index contributed by atoms with van der Waals surface area (Å²) in [7, 11) is 0. The molecule has 1 N–H and O–H groups in total. The predicted molar refractivity (Wildman–Crippen MR) is 36.6 cm³/mol. The van der Waals surface area contributed by atoms with Crippen molar-refractivity contribution in [1.29, 1.82) is 0 Å². The van der Waals surface area contributed by atoms with Crippen LogP contribution in [0.2, 0.25) is 0 Å². The summed E-state index contributed by atoms with van der Waals surface area (Å²) in [6.07, 6.45) is 3.82. The van der Waals surface area contributed by atoms with Gasteiger partial charge < -0.3 is 5.11 Å². The van der Waals surface area contributed by atoms with E-state index in [1.165, 1.54) is 0 Å². The van der Waals surface area contributed by atoms with Crippen LogP contribution in [0.4, 0.5) is 0 Å². The number of hydrogen-bond donors (Lipinski definition) is 1. The van der Waals surface area contributed by atoms with Crippen LogP contribution in [0.25, 0.3) is 4.85 Å². The molecule has 1 rings (SSSR count). The average molecular weight is 126 g/mol. The Morgan fingerprint density at radius 2 is 2.00 bits per heavy atom. The van der Waals surface area contributed by atoms with Gasteiger partial charge in [-0.25, -0.2) is 0 Å². The molecule has 0 spiro atoms. The second kappa shape index (κ2) is 2.84. The molecular weight excluding hydrogens is 114 g/mol. The quantitative estimate of drug-likeness (QED) is 0.519. The van der Waals surface area contributed by atoms with E-state index in [-0.39, 0.29) is 12.1 Å². The van der Waals surface area contributed by atoms with Crippen molar-refractivity contribution >= 4 is 0 Å². The summed E-state index contributed by atoms with van der Waals surface area (Å²) in [6.45, 7) is 5.06. The molecule has 2 nitrogen and oxygen atoms in total. The second-order valence-corrected chi connectivity index (χ2v) is 2.57. The van der Waals surface area contributed by atoms with E-state index in [4.69, 9.17) is 6.57 Å². The van der Waals surface area contributed by atoms with Crippen molar-refractivity contribution in [2.45, 2.75) is 37.8 Å². The summed E-state index contributed by atoms with van der Waals surface area (Å²) in [5.74, 6) is 0. The number of nitrogens with zero attached hydrogens (tertiary/aromatic N) is 1. The molecule has 0 unspecified atom stereocenters. The van der Waals surface area contributed by atoms with Crippen molar-refractivity contribution in [3.63, 3.8) is 0 Å². The third-order valence-corrected chi connectivity index (χ3v) is 1.89. The lowest BCUT2D eigenvalue weighted by atomic mass is 9.93. The average Bonchev–Trinajstić information content (AvgIpc) is 1.89. The molecule has 9 heavy (non-hydrogen) atoms. The summed E-state index contributed by atoms with van der Waals surface area (Å²) in [6, 6.07) is 0.0127. The topological polar surface area (TPSA) is 24.6 Å². The van der Waals surface area contributed by atoms with Crippen molar-refractivity contribution < 1.29 is 5.11 Å². The summed E-state index contributed by atoms with van der Waals surface area (Å²) in [4.78, 5) is 3.58. The van der Waals surface area contributed by atoms with Gasteiger partial charge in [0.1, 0.15) is 6.10 Å². The SMILES string of the molecule is C#[N+][C@H]1CCCC[C@@H]1O. The van der Waals surface area contributed by atoms with Gasteiger partial charge in [0.05, 0.1) is 0 Å². The van der Waals surface area contributed by atoms with Crippen LogP contribution in [0.3, 0.4) is 0 Å². The fourth-order valence-electron chi connectivity index (χ4n) is 1.27. The smallest absolute Gasteiger partial charge is 0.297 e. The molecule has 0 heterocycles. The van der Waals surface area contributed by atoms with E-state index in [0.717, 1.165) is 25.7 Å². The Morgan fingerprint density at radius 1 is 1.33 bits per heavy atom. The molecule has 1 saturated carbocycles. The van der Waals surface area contributed by atoms with Gasteiger partial charge in [0.15, 0.2) is 0 Å². The Kier molecular flexibility index (Phi) is 2.07. The molecule has 1 fully saturated rings. The minimum atomic E-state index is -0.274. The summed E-state index contributed by atoms with van der Waals surface area (Å²) in [5, 5.41) is 9.20. The lowest BCUT2D eigenvalue weighted by Gasteiger charge is -2.14. The third kappa shape index (κ3) is 1.43. The molecule has 0 bridgehead atoms. The summed E-state index contributed by atoms with van der Waals surface area (Å²) in [5.41, 5.74) is 0. The standard InChI is InChI=1S/C7H12NO/c1-8-6-4-2-3-5-7(6)9/h1,6-7,9H,2-5H2/q+1/t6-,7-/m0/s1. The molecule has 0 aromatic heterocycles. The molecule has 2 heteroatoms. The van der Waals surface area contributed by atoms with E-state index < -0.39 is 0 Å². The maximum atomic E-state index is 9.20. The zero-order chi connectivity index (χ0) is 6.69. The van der Waals surface area contributed by atoms with Gasteiger partial charge in [-0.3, -0.25) is 0 Å². The third-order valence-electron chi connectivity index (χ3n) is 1.89. The molecule has 2 atom stereocenters. The molecule has 1 aliphatic rings. The van der Waals surface area contributed by atoms with Gasteiger partial charge >= 0.3 is 0 Å². The Hall–Kier alpha value is -0.550. The predicted octanol–water partition coefficient (Wildman–Crippen LogP) is 1.25. The van der Waals surface area contributed by atoms with Crippen LogP contribution in [-0.4, -0.2) is 17.3 Å². The minimum absolute atomic E-state index is 0.0127. The maximum Gasteiger partial charge on any atom is 0.297 e. The lowest BCUT2D eigenvalue weighted by Crippen LogP contribution is -2.26. The molecule has 0 saturated heterocycles. The van der Waals surface area contributed by atoms with E-state index in [2.05, 4.69) is 4.85 Å². The number of aliphatic hydroxyl groups is 1. The van der Waals surface area contributed by atoms with Gasteiger partial charge in [0, 0.05) is 6.42 Å². The van der Waals surface area contributed by atoms with Gasteiger partial charge in [0.25, 0.3) is 12.6 Å². The van der Waals surface area contributed by atoms with E-state index in [1.54, 1.807) is 0 Å². The monoisotopic (exact) mass is 126 g/mol. The fraction of sp³-hybridized carbons (Fsp3) is 0.857. The van der Waals surface area contributed by atoms with E-state index in [0.29, 0.717) is 0 Å². The Morgan fingerprint density at radius 3 is 2.44 bits per heavy atom. The first-order valence-corrected chi connectivity index (χ1v) is 3.42. The van der Waals surface area contributed by atoms with Crippen molar-refractivity contribution in [1.82, 2.24) is 0 Å². The summed E-state index contributed by atoms with van der Waals surface area (Å²) < 4.78 is 0. The number of aliphatic hydroxyl groups excluding tert-OH is 1. The Labute approximate surface area is 55.3 Å². The van der Waals surface area contributed by atoms with Crippen molar-refractivity contribution in [3.8, 4) is 6.57 Å². The second-order valence-electron chi connectivity index (χ2n) is 2.57. The molecule has 0 aromatic carbocycles. The zero-order valence-corrected chi connectivity index (χ0v) is 5.45. The van der Waals surface area contributed by atoms with Crippen molar-refractivity contribution in [3.05, 3.63) is 4.85 Å². The highest BCUT2D eigenvalue weighted by molar-refractivity contribution is 4.90. The van der Waals surface area contributed by atoms with Gasteiger partial charge in [-0.1, -0.05) is 11.3 Å². The van der Waals surface area contributed by atoms with Gasteiger partial charge in [-0.2, -0.15) is 0 Å². The molecule has 1 aliphatic carbocycles. The van der Waals surface area contributed by atoms with Crippen LogP contribution < -0.4 is 0 Å². The van der Waals surface area contributed by atoms with Crippen LogP contribution in [0, 0.1) is 6.57 Å². The minimum Gasteiger partial charge on any atom is -0.385 e. The first-order chi connectivity index (χ1) is 4.34. The lowest BCUT2D eigenvalue weighted by molar-refractivity contribution is 0.122. The highest BCUT2D eigenvalue weighted by Gasteiger charge is 2.29.